The van der Waals surface area contributed by atoms with Crippen molar-refractivity contribution in [3.8, 4) is 0 Å². The molecule has 2 atom stereocenters. The number of halogens is 1. The predicted octanol–water partition coefficient (Wildman–Crippen LogP) is 1.31. The molecule has 0 aromatic carbocycles. The molecule has 15 heavy (non-hydrogen) atoms. The van der Waals surface area contributed by atoms with Gasteiger partial charge in [-0.05, 0) is 11.8 Å². The zero-order valence-electron chi connectivity index (χ0n) is 9.37. The largest absolute Gasteiger partial charge is 0.306 e. The third-order valence-corrected chi connectivity index (χ3v) is 4.20. The van der Waals surface area contributed by atoms with Gasteiger partial charge in [0.05, 0.1) is 6.54 Å². The third kappa shape index (κ3) is 1.88. The molecule has 0 amide bonds. The molecule has 1 aliphatic rings. The molecule has 1 aromatic rings. The van der Waals surface area contributed by atoms with E-state index >= 15 is 0 Å². The van der Waals surface area contributed by atoms with Crippen molar-refractivity contribution in [3.05, 3.63) is 12.2 Å². The first-order valence-electron chi connectivity index (χ1n) is 5.22. The smallest absolute Gasteiger partial charge is 0.140 e. The number of nitrogens with zero attached hydrogens (tertiary/aromatic N) is 3. The fourth-order valence-electron chi connectivity index (χ4n) is 1.91. The number of nitrogens with one attached hydrogen (secondary N) is 1. The van der Waals surface area contributed by atoms with Crippen molar-refractivity contribution in [1.29, 1.82) is 0 Å². The average molecular weight is 229 g/mol. The topological polar surface area (TPSA) is 42.7 Å². The fraction of sp³-hybridized carbons (Fsp3) is 0.800. The van der Waals surface area contributed by atoms with Crippen LogP contribution in [0.1, 0.15) is 26.1 Å². The minimum atomic E-state index is 0.181. The Labute approximate surface area is 95.0 Å². The maximum absolute atomic E-state index is 6.15. The zero-order valence-corrected chi connectivity index (χ0v) is 10.1. The molecular formula is C10H17ClN4. The molecule has 1 N–H and O–H groups in total. The highest BCUT2D eigenvalue weighted by molar-refractivity contribution is 6.21. The maximum Gasteiger partial charge on any atom is 0.140 e. The van der Waals surface area contributed by atoms with Gasteiger partial charge in [-0.3, -0.25) is 4.68 Å². The lowest BCUT2D eigenvalue weighted by Crippen LogP contribution is -2.57. The second-order valence-corrected chi connectivity index (χ2v) is 5.28. The molecule has 0 saturated heterocycles. The van der Waals surface area contributed by atoms with Gasteiger partial charge in [-0.1, -0.05) is 13.8 Å². The van der Waals surface area contributed by atoms with Gasteiger partial charge >= 0.3 is 0 Å². The Morgan fingerprint density at radius 2 is 2.40 bits per heavy atom. The van der Waals surface area contributed by atoms with Crippen LogP contribution in [0.5, 0.6) is 0 Å². The number of aryl methyl sites for hydroxylation is 1. The lowest BCUT2D eigenvalue weighted by atomic mass is 9.67. The molecule has 2 unspecified atom stereocenters. The van der Waals surface area contributed by atoms with Gasteiger partial charge in [0, 0.05) is 18.5 Å². The number of hydrogen-bond donors (Lipinski definition) is 1. The minimum absolute atomic E-state index is 0.181. The SMILES string of the molecule is Cn1ncnc1CNC1CC(Cl)C1(C)C. The monoisotopic (exact) mass is 228 g/mol. The summed E-state index contributed by atoms with van der Waals surface area (Å²) in [4.78, 5) is 4.17. The van der Waals surface area contributed by atoms with Crippen LogP contribution in [0.15, 0.2) is 6.33 Å². The quantitative estimate of drug-likeness (QED) is 0.794. The molecule has 1 aliphatic carbocycles. The normalized spacial score (nSPS) is 28.8. The summed E-state index contributed by atoms with van der Waals surface area (Å²) in [5.41, 5.74) is 0.181. The van der Waals surface area contributed by atoms with Gasteiger partial charge in [0.1, 0.15) is 12.2 Å². The second kappa shape index (κ2) is 3.76. The maximum atomic E-state index is 6.15. The highest BCUT2D eigenvalue weighted by atomic mass is 35.5. The van der Waals surface area contributed by atoms with Crippen LogP contribution in [0, 0.1) is 5.41 Å². The summed E-state index contributed by atoms with van der Waals surface area (Å²) in [6, 6.07) is 0.483. The van der Waals surface area contributed by atoms with Gasteiger partial charge in [-0.25, -0.2) is 4.98 Å². The van der Waals surface area contributed by atoms with E-state index in [0.717, 1.165) is 18.8 Å². The van der Waals surface area contributed by atoms with Crippen LogP contribution in [0.3, 0.4) is 0 Å². The highest BCUT2D eigenvalue weighted by Crippen LogP contribution is 2.44. The first-order chi connectivity index (χ1) is 7.01. The summed E-state index contributed by atoms with van der Waals surface area (Å²) >= 11 is 6.15. The zero-order chi connectivity index (χ0) is 11.1. The Morgan fingerprint density at radius 1 is 1.67 bits per heavy atom. The van der Waals surface area contributed by atoms with E-state index in [2.05, 4.69) is 29.2 Å². The van der Waals surface area contributed by atoms with Gasteiger partial charge in [0.25, 0.3) is 0 Å². The van der Waals surface area contributed by atoms with Crippen LogP contribution in [-0.2, 0) is 13.6 Å². The highest BCUT2D eigenvalue weighted by Gasteiger charge is 2.46. The molecule has 1 heterocycles. The molecule has 5 heteroatoms. The Balaban J connectivity index is 1.88. The summed E-state index contributed by atoms with van der Waals surface area (Å²) in [5.74, 6) is 0.962. The summed E-state index contributed by atoms with van der Waals surface area (Å²) < 4.78 is 1.79. The summed E-state index contributed by atoms with van der Waals surface area (Å²) in [6.45, 7) is 5.15. The van der Waals surface area contributed by atoms with Crippen molar-refractivity contribution in [3.63, 3.8) is 0 Å². The van der Waals surface area contributed by atoms with Gasteiger partial charge in [0.15, 0.2) is 0 Å². The first-order valence-corrected chi connectivity index (χ1v) is 5.66. The molecule has 0 aliphatic heterocycles. The van der Waals surface area contributed by atoms with Crippen molar-refractivity contribution in [2.45, 2.75) is 38.2 Å². The van der Waals surface area contributed by atoms with E-state index in [-0.39, 0.29) is 10.8 Å². The summed E-state index contributed by atoms with van der Waals surface area (Å²) in [7, 11) is 1.90. The van der Waals surface area contributed by atoms with E-state index in [1.165, 1.54) is 0 Å². The minimum Gasteiger partial charge on any atom is -0.306 e. The predicted molar refractivity (Wildman–Crippen MR) is 59.7 cm³/mol. The van der Waals surface area contributed by atoms with Crippen LogP contribution in [0.2, 0.25) is 0 Å². The number of rotatable bonds is 3. The van der Waals surface area contributed by atoms with Crippen molar-refractivity contribution >= 4 is 11.6 Å². The molecule has 1 fully saturated rings. The van der Waals surface area contributed by atoms with Crippen molar-refractivity contribution in [1.82, 2.24) is 20.1 Å². The Kier molecular flexibility index (Phi) is 2.73. The third-order valence-electron chi connectivity index (χ3n) is 3.46. The van der Waals surface area contributed by atoms with Crippen molar-refractivity contribution in [2.24, 2.45) is 12.5 Å². The molecule has 4 nitrogen and oxygen atoms in total. The molecule has 1 aromatic heterocycles. The van der Waals surface area contributed by atoms with Gasteiger partial charge < -0.3 is 5.32 Å². The van der Waals surface area contributed by atoms with E-state index < -0.39 is 0 Å². The fourth-order valence-corrected chi connectivity index (χ4v) is 2.24. The van der Waals surface area contributed by atoms with Crippen LogP contribution in [0.4, 0.5) is 0 Å². The van der Waals surface area contributed by atoms with E-state index in [9.17, 15) is 0 Å². The van der Waals surface area contributed by atoms with E-state index in [1.807, 2.05) is 7.05 Å². The van der Waals surface area contributed by atoms with Crippen LogP contribution in [0.25, 0.3) is 0 Å². The average Bonchev–Trinajstić information content (AvgIpc) is 2.58. The van der Waals surface area contributed by atoms with E-state index in [0.29, 0.717) is 6.04 Å². The molecular weight excluding hydrogens is 212 g/mol. The van der Waals surface area contributed by atoms with Crippen LogP contribution < -0.4 is 5.32 Å². The molecule has 0 radical (unpaired) electrons. The van der Waals surface area contributed by atoms with Gasteiger partial charge in [0.2, 0.25) is 0 Å². The lowest BCUT2D eigenvalue weighted by Gasteiger charge is -2.49. The number of alkyl halides is 1. The lowest BCUT2D eigenvalue weighted by molar-refractivity contribution is 0.114. The second-order valence-electron chi connectivity index (χ2n) is 4.76. The van der Waals surface area contributed by atoms with Crippen molar-refractivity contribution < 1.29 is 0 Å². The van der Waals surface area contributed by atoms with Crippen molar-refractivity contribution in [2.75, 3.05) is 0 Å². The molecule has 1 saturated carbocycles. The molecule has 2 rings (SSSR count). The molecule has 0 spiro atoms. The number of aromatic nitrogens is 3. The first kappa shape index (κ1) is 10.9. The Morgan fingerprint density at radius 3 is 2.87 bits per heavy atom. The van der Waals surface area contributed by atoms with E-state index in [1.54, 1.807) is 11.0 Å². The van der Waals surface area contributed by atoms with Gasteiger partial charge in [-0.15, -0.1) is 11.6 Å². The van der Waals surface area contributed by atoms with Crippen LogP contribution in [-0.4, -0.2) is 26.2 Å². The standard InChI is InChI=1S/C10H17ClN4/c1-10(2)7(11)4-8(10)12-5-9-13-6-14-15(9)3/h6-8,12H,4-5H2,1-3H3. The molecule has 0 bridgehead atoms. The number of hydrogen-bond acceptors (Lipinski definition) is 3. The van der Waals surface area contributed by atoms with Crippen LogP contribution >= 0.6 is 11.6 Å². The summed E-state index contributed by atoms with van der Waals surface area (Å²) in [5, 5.41) is 7.79. The van der Waals surface area contributed by atoms with Gasteiger partial charge in [-0.2, -0.15) is 5.10 Å². The summed E-state index contributed by atoms with van der Waals surface area (Å²) in [6.07, 6.45) is 2.61. The Hall–Kier alpha value is -0.610. The molecule has 84 valence electrons. The Bertz CT molecular complexity index is 347. The van der Waals surface area contributed by atoms with E-state index in [4.69, 9.17) is 11.6 Å².